The van der Waals surface area contributed by atoms with Crippen molar-refractivity contribution >= 4 is 0 Å². The van der Waals surface area contributed by atoms with Crippen molar-refractivity contribution in [1.82, 2.24) is 0 Å². The van der Waals surface area contributed by atoms with Crippen molar-refractivity contribution < 1.29 is 85.8 Å². The second-order valence-corrected chi connectivity index (χ2v) is 0. The monoisotopic (exact) mass is 346 g/mol. The van der Waals surface area contributed by atoms with Crippen molar-refractivity contribution in [2.75, 3.05) is 0 Å². The minimum absolute atomic E-state index is 0.0556. The van der Waals surface area contributed by atoms with Crippen LogP contribution in [0.1, 0.15) is 0 Å². The molecule has 0 rings (SSSR count). The van der Waals surface area contributed by atoms with Gasteiger partial charge in [-0.25, -0.2) is 0 Å². The number of hydrogen-bond acceptors (Lipinski definition) is 2. The van der Waals surface area contributed by atoms with E-state index in [2.05, 4.69) is 0 Å². The fraction of sp³-hybridized carbons (Fsp3) is 0. The first kappa shape index (κ1) is 9.71. The maximum absolute atomic E-state index is 8.39. The molecular formula is CeO2Yb. The molecule has 0 aliphatic heterocycles. The molecule has 0 bridgehead atoms. The average Bonchev–Trinajstić information content (AvgIpc) is 1.50. The van der Waals surface area contributed by atoms with Crippen LogP contribution in [0.3, 0.4) is 0 Å². The van der Waals surface area contributed by atoms with Gasteiger partial charge >= 0.3 is 85.8 Å². The third-order valence-corrected chi connectivity index (χ3v) is 0. The van der Waals surface area contributed by atoms with Crippen LogP contribution in [0, 0.1) is 84.6 Å². The maximum atomic E-state index is 8.39. The van der Waals surface area contributed by atoms with Crippen LogP contribution in [-0.2, 0) is 1.23 Å². The van der Waals surface area contributed by atoms with Gasteiger partial charge in [0.05, 0.1) is 0 Å². The first-order valence-electron chi connectivity index (χ1n) is 0.313. The quantitative estimate of drug-likeness (QED) is 0.608. The zero-order chi connectivity index (χ0) is 4.00. The molecule has 0 saturated carbocycles. The van der Waals surface area contributed by atoms with E-state index in [0.29, 0.717) is 0 Å². The molecule has 0 aliphatic carbocycles. The third-order valence-electron chi connectivity index (χ3n) is 0. The first-order valence-corrected chi connectivity index (χ1v) is 2.30. The normalized spacial score (nSPS) is 2.25. The fourth-order valence-electron chi connectivity index (χ4n) is 0. The van der Waals surface area contributed by atoms with Gasteiger partial charge in [0.15, 0.2) is 0 Å². The molecule has 0 aromatic rings. The average molecular weight is 345 g/mol. The Labute approximate surface area is 83.1 Å². The van der Waals surface area contributed by atoms with Crippen LogP contribution >= 0.6 is 0 Å². The summed E-state index contributed by atoms with van der Waals surface area (Å²) in [6.07, 6.45) is 0. The van der Waals surface area contributed by atoms with Crippen LogP contribution in [0.4, 0.5) is 0 Å². The SMILES string of the molecule is [O]=[Ce].[O]=[Yb]. The number of rotatable bonds is 0. The molecule has 0 heterocycles. The van der Waals surface area contributed by atoms with Gasteiger partial charge < -0.3 is 0 Å². The summed E-state index contributed by atoms with van der Waals surface area (Å²) in [6.45, 7) is 0. The third kappa shape index (κ3) is 8.82. The molecule has 0 amide bonds. The Bertz CT molecular complexity index is 8.00. The van der Waals surface area contributed by atoms with Gasteiger partial charge in [-0.3, -0.25) is 0 Å². The zero-order valence-corrected chi connectivity index (χ0v) is 6.44. The molecule has 0 unspecified atom stereocenters. The molecule has 0 aromatic carbocycles. The molecule has 0 spiro atoms. The van der Waals surface area contributed by atoms with E-state index in [0.717, 1.165) is 0 Å². The Morgan fingerprint density at radius 1 is 1.25 bits per heavy atom. The van der Waals surface area contributed by atoms with Crippen LogP contribution in [0.15, 0.2) is 0 Å². The molecular weight excluding hydrogens is 345 g/mol. The van der Waals surface area contributed by atoms with Crippen LogP contribution < -0.4 is 0 Å². The van der Waals surface area contributed by atoms with Crippen LogP contribution in [0.5, 0.6) is 0 Å². The molecule has 0 aliphatic rings. The molecule has 0 aromatic heterocycles. The van der Waals surface area contributed by atoms with Crippen molar-refractivity contribution in [1.29, 1.82) is 0 Å². The summed E-state index contributed by atoms with van der Waals surface area (Å²) in [5, 5.41) is 0. The van der Waals surface area contributed by atoms with Gasteiger partial charge in [-0.2, -0.15) is 0 Å². The summed E-state index contributed by atoms with van der Waals surface area (Å²) in [5.74, 6) is 0. The Hall–Kier alpha value is 2.50. The second-order valence-electron chi connectivity index (χ2n) is 0. The Kier molecular flexibility index (Phi) is 43.3. The van der Waals surface area contributed by atoms with Gasteiger partial charge in [0.1, 0.15) is 0 Å². The fourth-order valence-corrected chi connectivity index (χ4v) is 0. The second kappa shape index (κ2) is 17.8. The van der Waals surface area contributed by atoms with Crippen molar-refractivity contribution in [3.8, 4) is 0 Å². The summed E-state index contributed by atoms with van der Waals surface area (Å²) >= 11 is 1.50. The van der Waals surface area contributed by atoms with Crippen LogP contribution in [-0.4, -0.2) is 0 Å². The standard InChI is InChI=1S/Ce.2O.Yb. The molecule has 4 heavy (non-hydrogen) atoms. The van der Waals surface area contributed by atoms with Gasteiger partial charge in [0.25, 0.3) is 0 Å². The van der Waals surface area contributed by atoms with Gasteiger partial charge in [0, 0.05) is 0 Å². The molecule has 0 atom stereocenters. The Morgan fingerprint density at radius 2 is 1.25 bits per heavy atom. The van der Waals surface area contributed by atoms with E-state index in [-0.39, 0.29) is 39.8 Å². The van der Waals surface area contributed by atoms with Crippen molar-refractivity contribution in [3.05, 3.63) is 0 Å². The van der Waals surface area contributed by atoms with Crippen LogP contribution in [0.25, 0.3) is 0 Å². The molecule has 0 saturated heterocycles. The Balaban J connectivity index is 0. The van der Waals surface area contributed by atoms with E-state index in [1.807, 2.05) is 0 Å². The van der Waals surface area contributed by atoms with Crippen molar-refractivity contribution in [2.24, 2.45) is 0 Å². The van der Waals surface area contributed by atoms with Gasteiger partial charge in [0.2, 0.25) is 0 Å². The first-order chi connectivity index (χ1) is 2.00. The van der Waals surface area contributed by atoms with Gasteiger partial charge in [-0.15, -0.1) is 0 Å². The minimum atomic E-state index is 0.0556. The summed E-state index contributed by atoms with van der Waals surface area (Å²) in [5.41, 5.74) is 0. The zero-order valence-electron chi connectivity index (χ0n) is 1.58. The van der Waals surface area contributed by atoms with Crippen molar-refractivity contribution in [3.63, 3.8) is 0 Å². The topological polar surface area (TPSA) is 34.1 Å². The molecule has 0 N–H and O–H groups in total. The molecule has 4 heteroatoms. The van der Waals surface area contributed by atoms with Crippen molar-refractivity contribution in [2.45, 2.75) is 0 Å². The predicted molar refractivity (Wildman–Crippen MR) is 1.37 cm³/mol. The summed E-state index contributed by atoms with van der Waals surface area (Å²) in [4.78, 5) is 0. The molecule has 2 nitrogen and oxygen atoms in total. The van der Waals surface area contributed by atoms with Gasteiger partial charge in [-0.1, -0.05) is 0 Å². The van der Waals surface area contributed by atoms with E-state index in [9.17, 15) is 0 Å². The van der Waals surface area contributed by atoms with E-state index >= 15 is 0 Å². The number of hydrogen-bond donors (Lipinski definition) is 0. The molecule has 0 radical (unpaired) electrons. The Morgan fingerprint density at radius 3 is 1.25 bits per heavy atom. The van der Waals surface area contributed by atoms with E-state index in [4.69, 9.17) is 1.23 Å². The van der Waals surface area contributed by atoms with E-state index in [1.54, 1.807) is 0 Å². The molecule has 0 fully saturated rings. The summed E-state index contributed by atoms with van der Waals surface area (Å²) < 4.78 is 16.5. The van der Waals surface area contributed by atoms with Gasteiger partial charge in [-0.05, 0) is 0 Å². The van der Waals surface area contributed by atoms with E-state index in [1.165, 1.54) is 44.8 Å². The van der Waals surface area contributed by atoms with Crippen LogP contribution in [0.2, 0.25) is 0 Å². The predicted octanol–water partition coefficient (Wildman–Crippen LogP) is -0.238. The van der Waals surface area contributed by atoms with E-state index < -0.39 is 0 Å². The molecule has 30 valence electrons. The summed E-state index contributed by atoms with van der Waals surface area (Å²) in [6, 6.07) is 0. The summed E-state index contributed by atoms with van der Waals surface area (Å²) in [7, 11) is 0.